The summed E-state index contributed by atoms with van der Waals surface area (Å²) in [6, 6.07) is 10.2. The number of rotatable bonds is 0. The first-order valence-corrected chi connectivity index (χ1v) is 8.80. The van der Waals surface area contributed by atoms with Gasteiger partial charge in [-0.25, -0.2) is 0 Å². The third-order valence-corrected chi connectivity index (χ3v) is 3.69. The van der Waals surface area contributed by atoms with Crippen molar-refractivity contribution in [3.63, 3.8) is 0 Å². The highest BCUT2D eigenvalue weighted by Crippen LogP contribution is 2.35. The summed E-state index contributed by atoms with van der Waals surface area (Å²) in [4.78, 5) is 5.08. The van der Waals surface area contributed by atoms with Crippen LogP contribution < -0.4 is 4.90 Å². The van der Waals surface area contributed by atoms with Crippen molar-refractivity contribution < 1.29 is 0 Å². The first-order valence-electron chi connectivity index (χ1n) is 8.80. The van der Waals surface area contributed by atoms with Crippen LogP contribution in [0.1, 0.15) is 54.0 Å². The van der Waals surface area contributed by atoms with Gasteiger partial charge >= 0.3 is 0 Å². The molecule has 0 aromatic heterocycles. The van der Waals surface area contributed by atoms with E-state index in [2.05, 4.69) is 48.0 Å². The Bertz CT molecular complexity index is 376. The summed E-state index contributed by atoms with van der Waals surface area (Å²) in [5, 5.41) is 0. The van der Waals surface area contributed by atoms with Crippen LogP contribution in [0.4, 0.5) is 5.69 Å². The first kappa shape index (κ1) is 20.0. The molecule has 0 spiro atoms. The number of para-hydroxylation sites is 1. The maximum absolute atomic E-state index is 2.62. The molecule has 1 aromatic rings. The van der Waals surface area contributed by atoms with E-state index in [9.17, 15) is 0 Å². The fourth-order valence-corrected chi connectivity index (χ4v) is 3.21. The quantitative estimate of drug-likeness (QED) is 0.676. The highest BCUT2D eigenvalue weighted by atomic mass is 15.3. The molecule has 122 valence electrons. The van der Waals surface area contributed by atoms with Crippen LogP contribution in [0.5, 0.6) is 0 Å². The molecule has 0 saturated carbocycles. The average Bonchev–Trinajstić information content (AvgIpc) is 2.91. The molecule has 2 heterocycles. The fourth-order valence-electron chi connectivity index (χ4n) is 3.21. The number of likely N-dealkylation sites (N-methyl/N-ethyl adjacent to an activating group) is 1. The number of nitrogens with zero attached hydrogens (tertiary/aromatic N) is 2. The number of benzene rings is 1. The van der Waals surface area contributed by atoms with Gasteiger partial charge in [0.1, 0.15) is 0 Å². The second-order valence-corrected chi connectivity index (χ2v) is 4.96. The van der Waals surface area contributed by atoms with Crippen molar-refractivity contribution in [2.45, 2.75) is 67.0 Å². The Morgan fingerprint density at radius 1 is 0.905 bits per heavy atom. The van der Waals surface area contributed by atoms with Crippen LogP contribution in [0.3, 0.4) is 0 Å². The molecule has 0 N–H and O–H groups in total. The summed E-state index contributed by atoms with van der Waals surface area (Å²) in [6.07, 6.45) is 1.23. The molecular weight excluding hydrogens is 256 g/mol. The zero-order valence-electron chi connectivity index (χ0n) is 15.5. The molecule has 21 heavy (non-hydrogen) atoms. The molecular formula is C19H36N2. The van der Waals surface area contributed by atoms with Crippen molar-refractivity contribution in [1.82, 2.24) is 4.90 Å². The first-order chi connectivity index (χ1) is 10.3. The molecule has 2 unspecified atom stereocenters. The Hall–Kier alpha value is -1.02. The summed E-state index contributed by atoms with van der Waals surface area (Å²) < 4.78 is 0. The summed E-state index contributed by atoms with van der Waals surface area (Å²) in [5.41, 5.74) is 3.01. The SMILES string of the molecule is CC.CC.CC.CC1CN(C)CC2Cc3ccccc3N12. The monoisotopic (exact) mass is 292 g/mol. The molecule has 0 bridgehead atoms. The summed E-state index contributed by atoms with van der Waals surface area (Å²) in [7, 11) is 2.23. The molecule has 2 aliphatic rings. The fraction of sp³-hybridized carbons (Fsp3) is 0.684. The lowest BCUT2D eigenvalue weighted by Gasteiger charge is -2.42. The van der Waals surface area contributed by atoms with Gasteiger partial charge < -0.3 is 9.80 Å². The van der Waals surface area contributed by atoms with Gasteiger partial charge in [-0.15, -0.1) is 0 Å². The molecule has 2 nitrogen and oxygen atoms in total. The predicted octanol–water partition coefficient (Wildman–Crippen LogP) is 4.83. The third kappa shape index (κ3) is 4.74. The van der Waals surface area contributed by atoms with E-state index in [1.54, 1.807) is 0 Å². The molecule has 0 amide bonds. The minimum atomic E-state index is 0.650. The van der Waals surface area contributed by atoms with Gasteiger partial charge in [-0.3, -0.25) is 0 Å². The molecule has 1 fully saturated rings. The van der Waals surface area contributed by atoms with E-state index in [1.165, 1.54) is 30.8 Å². The molecule has 2 atom stereocenters. The van der Waals surface area contributed by atoms with Gasteiger partial charge in [-0.2, -0.15) is 0 Å². The van der Waals surface area contributed by atoms with Crippen molar-refractivity contribution in [1.29, 1.82) is 0 Å². The molecule has 2 heteroatoms. The van der Waals surface area contributed by atoms with Gasteiger partial charge in [0.2, 0.25) is 0 Å². The Labute approximate surface area is 133 Å². The average molecular weight is 293 g/mol. The standard InChI is InChI=1S/C13H18N2.3C2H6/c1-10-8-14(2)9-12-7-11-5-3-4-6-13(11)15(10)12;3*1-2/h3-6,10,12H,7-9H2,1-2H3;3*1-2H3. The van der Waals surface area contributed by atoms with Crippen LogP contribution in [0, 0.1) is 0 Å². The molecule has 3 rings (SSSR count). The smallest absolute Gasteiger partial charge is 0.0461 e. The number of piperazine rings is 1. The molecule has 0 aliphatic carbocycles. The van der Waals surface area contributed by atoms with E-state index in [0.29, 0.717) is 12.1 Å². The van der Waals surface area contributed by atoms with Gasteiger partial charge in [0, 0.05) is 30.9 Å². The Kier molecular flexibility index (Phi) is 10.2. The van der Waals surface area contributed by atoms with E-state index >= 15 is 0 Å². The zero-order chi connectivity index (χ0) is 16.4. The lowest BCUT2D eigenvalue weighted by Crippen LogP contribution is -2.55. The summed E-state index contributed by atoms with van der Waals surface area (Å²) in [6.45, 7) is 16.7. The van der Waals surface area contributed by atoms with E-state index < -0.39 is 0 Å². The minimum Gasteiger partial charge on any atom is -0.363 e. The largest absolute Gasteiger partial charge is 0.363 e. The number of hydrogen-bond donors (Lipinski definition) is 0. The highest BCUT2D eigenvalue weighted by Gasteiger charge is 2.36. The van der Waals surface area contributed by atoms with Gasteiger partial charge in [0.25, 0.3) is 0 Å². The van der Waals surface area contributed by atoms with Crippen LogP contribution in [0.15, 0.2) is 24.3 Å². The molecule has 1 aromatic carbocycles. The van der Waals surface area contributed by atoms with E-state index in [1.807, 2.05) is 41.5 Å². The van der Waals surface area contributed by atoms with Crippen LogP contribution >= 0.6 is 0 Å². The Balaban J connectivity index is 0.000000598. The second-order valence-electron chi connectivity index (χ2n) is 4.96. The topological polar surface area (TPSA) is 6.48 Å². The van der Waals surface area contributed by atoms with Crippen LogP contribution in [-0.2, 0) is 6.42 Å². The lowest BCUT2D eigenvalue weighted by molar-refractivity contribution is 0.238. The molecule has 0 radical (unpaired) electrons. The van der Waals surface area contributed by atoms with E-state index in [-0.39, 0.29) is 0 Å². The van der Waals surface area contributed by atoms with Crippen LogP contribution in [-0.4, -0.2) is 37.1 Å². The van der Waals surface area contributed by atoms with Crippen molar-refractivity contribution >= 4 is 5.69 Å². The van der Waals surface area contributed by atoms with E-state index in [0.717, 1.165) is 0 Å². The van der Waals surface area contributed by atoms with Gasteiger partial charge in [0.05, 0.1) is 0 Å². The van der Waals surface area contributed by atoms with Crippen LogP contribution in [0.25, 0.3) is 0 Å². The maximum atomic E-state index is 2.62. The Morgan fingerprint density at radius 2 is 1.48 bits per heavy atom. The summed E-state index contributed by atoms with van der Waals surface area (Å²) in [5.74, 6) is 0. The van der Waals surface area contributed by atoms with Crippen molar-refractivity contribution in [2.75, 3.05) is 25.0 Å². The second kappa shape index (κ2) is 10.7. The molecule has 2 aliphatic heterocycles. The third-order valence-electron chi connectivity index (χ3n) is 3.69. The Morgan fingerprint density at radius 3 is 2.10 bits per heavy atom. The van der Waals surface area contributed by atoms with Gasteiger partial charge in [0.15, 0.2) is 0 Å². The number of hydrogen-bond acceptors (Lipinski definition) is 2. The van der Waals surface area contributed by atoms with Crippen molar-refractivity contribution in [2.24, 2.45) is 0 Å². The van der Waals surface area contributed by atoms with Crippen molar-refractivity contribution in [3.05, 3.63) is 29.8 Å². The predicted molar refractivity (Wildman–Crippen MR) is 97.4 cm³/mol. The van der Waals surface area contributed by atoms with Gasteiger partial charge in [-0.1, -0.05) is 59.7 Å². The van der Waals surface area contributed by atoms with Crippen molar-refractivity contribution in [3.8, 4) is 0 Å². The highest BCUT2D eigenvalue weighted by molar-refractivity contribution is 5.60. The molecule has 1 saturated heterocycles. The number of anilines is 1. The van der Waals surface area contributed by atoms with Gasteiger partial charge in [-0.05, 0) is 32.0 Å². The number of fused-ring (bicyclic) bond motifs is 3. The minimum absolute atomic E-state index is 0.650. The van der Waals surface area contributed by atoms with Crippen LogP contribution in [0.2, 0.25) is 0 Å². The normalized spacial score (nSPS) is 22.4. The summed E-state index contributed by atoms with van der Waals surface area (Å²) >= 11 is 0. The zero-order valence-corrected chi connectivity index (χ0v) is 15.5. The van der Waals surface area contributed by atoms with E-state index in [4.69, 9.17) is 0 Å². The lowest BCUT2D eigenvalue weighted by atomic mass is 10.1. The maximum Gasteiger partial charge on any atom is 0.0461 e.